The maximum Gasteiger partial charge on any atom is 0.255 e. The van der Waals surface area contributed by atoms with Gasteiger partial charge in [-0.25, -0.2) is 9.50 Å². The lowest BCUT2D eigenvalue weighted by atomic mass is 10.2. The summed E-state index contributed by atoms with van der Waals surface area (Å²) >= 11 is 1.25. The van der Waals surface area contributed by atoms with Crippen molar-refractivity contribution in [2.75, 3.05) is 17.7 Å². The van der Waals surface area contributed by atoms with Crippen molar-refractivity contribution in [2.24, 2.45) is 0 Å². The van der Waals surface area contributed by atoms with Gasteiger partial charge in [-0.15, -0.1) is 5.10 Å². The number of rotatable bonds is 7. The number of amides is 2. The highest BCUT2D eigenvalue weighted by atomic mass is 32.2. The second-order valence-corrected chi connectivity index (χ2v) is 8.93. The van der Waals surface area contributed by atoms with E-state index in [0.717, 1.165) is 11.4 Å². The van der Waals surface area contributed by atoms with Crippen molar-refractivity contribution in [3.8, 4) is 5.75 Å². The number of nitrogens with one attached hydrogen (secondary N) is 2. The first-order valence-corrected chi connectivity index (χ1v) is 11.4. The number of benzene rings is 2. The third-order valence-electron chi connectivity index (χ3n) is 5.02. The first kappa shape index (κ1) is 23.2. The molecule has 0 spiro atoms. The first-order chi connectivity index (χ1) is 16.3. The average Bonchev–Trinajstić information content (AvgIpc) is 3.22. The number of carbonyl (C=O) groups is 2. The molecule has 2 aromatic carbocycles. The first-order valence-electron chi connectivity index (χ1n) is 10.6. The summed E-state index contributed by atoms with van der Waals surface area (Å²) in [4.78, 5) is 34.0. The Morgan fingerprint density at radius 3 is 2.50 bits per heavy atom. The molecule has 1 unspecified atom stereocenters. The molecule has 0 saturated heterocycles. The molecule has 9 nitrogen and oxygen atoms in total. The lowest BCUT2D eigenvalue weighted by molar-refractivity contribution is -0.115. The zero-order valence-corrected chi connectivity index (χ0v) is 20.0. The van der Waals surface area contributed by atoms with Gasteiger partial charge in [0, 0.05) is 22.6 Å². The van der Waals surface area contributed by atoms with Crippen LogP contribution in [0.15, 0.2) is 59.8 Å². The van der Waals surface area contributed by atoms with Gasteiger partial charge in [-0.05, 0) is 63.2 Å². The lowest BCUT2D eigenvalue weighted by Crippen LogP contribution is -2.22. The van der Waals surface area contributed by atoms with Crippen LogP contribution in [0.4, 0.5) is 11.4 Å². The highest BCUT2D eigenvalue weighted by Gasteiger charge is 2.19. The zero-order valence-electron chi connectivity index (χ0n) is 19.2. The zero-order chi connectivity index (χ0) is 24.2. The normalized spacial score (nSPS) is 11.8. The van der Waals surface area contributed by atoms with Crippen LogP contribution >= 0.6 is 11.8 Å². The van der Waals surface area contributed by atoms with E-state index >= 15 is 0 Å². The van der Waals surface area contributed by atoms with Crippen LogP contribution in [0.5, 0.6) is 5.75 Å². The van der Waals surface area contributed by atoms with E-state index in [0.29, 0.717) is 33.6 Å². The van der Waals surface area contributed by atoms with E-state index in [4.69, 9.17) is 4.74 Å². The highest BCUT2D eigenvalue weighted by Crippen LogP contribution is 2.25. The second kappa shape index (κ2) is 9.92. The molecule has 0 saturated carbocycles. The highest BCUT2D eigenvalue weighted by molar-refractivity contribution is 8.00. The van der Waals surface area contributed by atoms with E-state index < -0.39 is 5.25 Å². The predicted molar refractivity (Wildman–Crippen MR) is 132 cm³/mol. The number of fused-ring (bicyclic) bond motifs is 1. The lowest BCUT2D eigenvalue weighted by Gasteiger charge is -2.12. The molecule has 0 fully saturated rings. The van der Waals surface area contributed by atoms with Gasteiger partial charge in [0.25, 0.3) is 11.7 Å². The maximum absolute atomic E-state index is 12.7. The summed E-state index contributed by atoms with van der Waals surface area (Å²) in [5.41, 5.74) is 3.41. The van der Waals surface area contributed by atoms with Gasteiger partial charge >= 0.3 is 0 Å². The quantitative estimate of drug-likeness (QED) is 0.386. The van der Waals surface area contributed by atoms with Crippen molar-refractivity contribution in [3.63, 3.8) is 0 Å². The summed E-state index contributed by atoms with van der Waals surface area (Å²) in [7, 11) is 1.55. The Balaban J connectivity index is 1.37. The van der Waals surface area contributed by atoms with E-state index in [1.807, 2.05) is 32.0 Å². The van der Waals surface area contributed by atoms with Crippen LogP contribution in [0, 0.1) is 13.8 Å². The Bertz CT molecular complexity index is 1350. The molecule has 1 atom stereocenters. The number of methoxy groups -OCH3 is 1. The Hall–Kier alpha value is -3.92. The fourth-order valence-corrected chi connectivity index (χ4v) is 4.05. The largest absolute Gasteiger partial charge is 0.495 e. The molecule has 174 valence electrons. The molecule has 0 bridgehead atoms. The van der Waals surface area contributed by atoms with Crippen molar-refractivity contribution < 1.29 is 14.3 Å². The van der Waals surface area contributed by atoms with E-state index in [9.17, 15) is 9.59 Å². The summed E-state index contributed by atoms with van der Waals surface area (Å²) < 4.78 is 6.92. The van der Waals surface area contributed by atoms with Gasteiger partial charge in [-0.1, -0.05) is 23.9 Å². The molecular weight excluding hydrogens is 452 g/mol. The number of aryl methyl sites for hydroxylation is 2. The summed E-state index contributed by atoms with van der Waals surface area (Å²) in [6.45, 7) is 5.62. The van der Waals surface area contributed by atoms with Gasteiger partial charge in [0.05, 0.1) is 18.0 Å². The molecule has 0 aliphatic heterocycles. The summed E-state index contributed by atoms with van der Waals surface area (Å²) in [5.74, 6) is 0.612. The standard InChI is InChI=1S/C24H24N6O3S/c1-14-13-15(2)30-23(25-14)28-24(29-30)34-16(3)21(31)26-18-11-9-17(10-12-18)22(32)27-19-7-5-6-8-20(19)33-4/h5-13,16H,1-4H3,(H,26,31)(H,27,32). The SMILES string of the molecule is COc1ccccc1NC(=O)c1ccc(NC(=O)C(C)Sc2nc3nc(C)cc(C)n3n2)cc1. The Labute approximate surface area is 201 Å². The van der Waals surface area contributed by atoms with Crippen LogP contribution < -0.4 is 15.4 Å². The predicted octanol–water partition coefficient (Wildman–Crippen LogP) is 4.12. The average molecular weight is 477 g/mol. The van der Waals surface area contributed by atoms with Crippen molar-refractivity contribution in [1.29, 1.82) is 0 Å². The van der Waals surface area contributed by atoms with Crippen molar-refractivity contribution >= 4 is 40.7 Å². The molecule has 2 N–H and O–H groups in total. The number of hydrogen-bond acceptors (Lipinski definition) is 7. The van der Waals surface area contributed by atoms with Gasteiger partial charge in [0.2, 0.25) is 11.1 Å². The number of anilines is 2. The molecular formula is C24H24N6O3S. The molecule has 10 heteroatoms. The van der Waals surface area contributed by atoms with Gasteiger partial charge in [0.1, 0.15) is 5.75 Å². The van der Waals surface area contributed by atoms with Crippen LogP contribution in [-0.2, 0) is 4.79 Å². The molecule has 34 heavy (non-hydrogen) atoms. The van der Waals surface area contributed by atoms with Crippen LogP contribution in [-0.4, -0.2) is 43.8 Å². The fourth-order valence-electron chi connectivity index (χ4n) is 3.30. The van der Waals surface area contributed by atoms with Crippen LogP contribution in [0.25, 0.3) is 5.78 Å². The third-order valence-corrected chi connectivity index (χ3v) is 5.97. The summed E-state index contributed by atoms with van der Waals surface area (Å²) in [6.07, 6.45) is 0. The number of aromatic nitrogens is 4. The second-order valence-electron chi connectivity index (χ2n) is 7.63. The maximum atomic E-state index is 12.7. The van der Waals surface area contributed by atoms with Crippen molar-refractivity contribution in [3.05, 3.63) is 71.5 Å². The van der Waals surface area contributed by atoms with Crippen molar-refractivity contribution in [1.82, 2.24) is 19.6 Å². The molecule has 0 radical (unpaired) electrons. The number of para-hydroxylation sites is 2. The summed E-state index contributed by atoms with van der Waals surface area (Å²) in [6, 6.07) is 15.8. The minimum Gasteiger partial charge on any atom is -0.495 e. The number of hydrogen-bond donors (Lipinski definition) is 2. The van der Waals surface area contributed by atoms with Crippen LogP contribution in [0.3, 0.4) is 0 Å². The van der Waals surface area contributed by atoms with Crippen LogP contribution in [0.1, 0.15) is 28.7 Å². The van der Waals surface area contributed by atoms with Gasteiger partial charge < -0.3 is 15.4 Å². The van der Waals surface area contributed by atoms with Gasteiger partial charge in [-0.3, -0.25) is 9.59 Å². The number of thioether (sulfide) groups is 1. The monoisotopic (exact) mass is 476 g/mol. The molecule has 0 aliphatic rings. The molecule has 2 amide bonds. The molecule has 2 aromatic heterocycles. The van der Waals surface area contributed by atoms with E-state index in [1.54, 1.807) is 54.9 Å². The fraction of sp³-hybridized carbons (Fsp3) is 0.208. The Morgan fingerprint density at radius 1 is 1.03 bits per heavy atom. The minimum atomic E-state index is -0.438. The van der Waals surface area contributed by atoms with Gasteiger partial charge in [-0.2, -0.15) is 4.98 Å². The molecule has 2 heterocycles. The number of nitrogens with zero attached hydrogens (tertiary/aromatic N) is 4. The number of carbonyl (C=O) groups excluding carboxylic acids is 2. The molecule has 0 aliphatic carbocycles. The van der Waals surface area contributed by atoms with Crippen molar-refractivity contribution in [2.45, 2.75) is 31.2 Å². The molecule has 4 rings (SSSR count). The Morgan fingerprint density at radius 2 is 1.76 bits per heavy atom. The number of ether oxygens (including phenoxy) is 1. The van der Waals surface area contributed by atoms with Crippen LogP contribution in [0.2, 0.25) is 0 Å². The summed E-state index contributed by atoms with van der Waals surface area (Å²) in [5, 5.41) is 10.2. The van der Waals surface area contributed by atoms with Gasteiger partial charge in [0.15, 0.2) is 0 Å². The molecule has 4 aromatic rings. The van der Waals surface area contributed by atoms with E-state index in [1.165, 1.54) is 11.8 Å². The third kappa shape index (κ3) is 5.18. The smallest absolute Gasteiger partial charge is 0.255 e. The Kier molecular flexibility index (Phi) is 6.78. The van der Waals surface area contributed by atoms with E-state index in [-0.39, 0.29) is 11.8 Å². The topological polar surface area (TPSA) is 111 Å². The van der Waals surface area contributed by atoms with E-state index in [2.05, 4.69) is 25.7 Å². The minimum absolute atomic E-state index is 0.198.